The Morgan fingerprint density at radius 3 is 2.73 bits per heavy atom. The molecule has 166 valence electrons. The predicted octanol–water partition coefficient (Wildman–Crippen LogP) is 3.10. The minimum absolute atomic E-state index is 0.0727. The average molecular weight is 440 g/mol. The Bertz CT molecular complexity index is 1350. The molecule has 8 heteroatoms. The van der Waals surface area contributed by atoms with Crippen molar-refractivity contribution in [3.63, 3.8) is 0 Å². The van der Waals surface area contributed by atoms with Gasteiger partial charge in [-0.2, -0.15) is 0 Å². The number of carbonyl (C=O) groups is 1. The number of aromatic nitrogens is 3. The molecule has 6 rings (SSSR count). The van der Waals surface area contributed by atoms with Crippen molar-refractivity contribution in [2.24, 2.45) is 0 Å². The normalized spacial score (nSPS) is 15.5. The third-order valence-electron chi connectivity index (χ3n) is 6.40. The summed E-state index contributed by atoms with van der Waals surface area (Å²) in [5, 5.41) is 9.70. The first-order chi connectivity index (χ1) is 16.2. The van der Waals surface area contributed by atoms with Crippen LogP contribution in [0.3, 0.4) is 0 Å². The molecule has 5 heterocycles. The molecule has 1 saturated heterocycles. The van der Waals surface area contributed by atoms with E-state index in [2.05, 4.69) is 66.4 Å². The lowest BCUT2D eigenvalue weighted by Gasteiger charge is -2.29. The van der Waals surface area contributed by atoms with Gasteiger partial charge in [0.25, 0.3) is 5.91 Å². The minimum Gasteiger partial charge on any atom is -0.368 e. The summed E-state index contributed by atoms with van der Waals surface area (Å²) >= 11 is 0. The molecule has 2 aliphatic heterocycles. The van der Waals surface area contributed by atoms with E-state index in [0.717, 1.165) is 65.6 Å². The number of hydrogen-bond donors (Lipinski definition) is 3. The zero-order chi connectivity index (χ0) is 22.4. The second kappa shape index (κ2) is 7.90. The number of rotatable bonds is 4. The highest BCUT2D eigenvalue weighted by atomic mass is 16.1. The molecule has 0 radical (unpaired) electrons. The number of nitrogens with one attached hydrogen (secondary N) is 3. The lowest BCUT2D eigenvalue weighted by molar-refractivity contribution is 0.0966. The van der Waals surface area contributed by atoms with Crippen molar-refractivity contribution in [3.8, 4) is 11.3 Å². The van der Waals surface area contributed by atoms with Crippen molar-refractivity contribution in [1.82, 2.24) is 25.0 Å². The van der Waals surface area contributed by atoms with Gasteiger partial charge in [-0.25, -0.2) is 9.97 Å². The highest BCUT2D eigenvalue weighted by Crippen LogP contribution is 2.35. The number of hydrogen-bond acceptors (Lipinski definition) is 6. The van der Waals surface area contributed by atoms with E-state index in [1.54, 1.807) is 0 Å². The Morgan fingerprint density at radius 1 is 1.03 bits per heavy atom. The number of aryl methyl sites for hydroxylation is 1. The smallest absolute Gasteiger partial charge is 0.254 e. The summed E-state index contributed by atoms with van der Waals surface area (Å²) in [6, 6.07) is 12.2. The Kier molecular flexibility index (Phi) is 4.73. The van der Waals surface area contributed by atoms with Crippen LogP contribution in [0.5, 0.6) is 0 Å². The molecule has 3 N–H and O–H groups in total. The van der Waals surface area contributed by atoms with E-state index in [0.29, 0.717) is 17.9 Å². The van der Waals surface area contributed by atoms with Crippen LogP contribution >= 0.6 is 0 Å². The van der Waals surface area contributed by atoms with Crippen molar-refractivity contribution in [2.75, 3.05) is 36.4 Å². The molecule has 1 amide bonds. The van der Waals surface area contributed by atoms with Crippen LogP contribution in [-0.4, -0.2) is 46.5 Å². The van der Waals surface area contributed by atoms with Crippen LogP contribution in [-0.2, 0) is 6.54 Å². The van der Waals surface area contributed by atoms with Crippen molar-refractivity contribution < 1.29 is 4.79 Å². The van der Waals surface area contributed by atoms with E-state index in [4.69, 9.17) is 0 Å². The third kappa shape index (κ3) is 3.48. The van der Waals surface area contributed by atoms with E-state index < -0.39 is 0 Å². The fourth-order valence-electron chi connectivity index (χ4n) is 4.68. The second-order valence-corrected chi connectivity index (χ2v) is 8.54. The lowest BCUT2D eigenvalue weighted by Crippen LogP contribution is -2.43. The molecule has 4 aromatic rings. The minimum atomic E-state index is -0.0727. The quantitative estimate of drug-likeness (QED) is 0.453. The molecule has 0 saturated carbocycles. The first-order valence-electron chi connectivity index (χ1n) is 11.2. The summed E-state index contributed by atoms with van der Waals surface area (Å²) in [7, 11) is 0. The summed E-state index contributed by atoms with van der Waals surface area (Å²) in [6.45, 7) is 6.48. The van der Waals surface area contributed by atoms with Crippen LogP contribution in [0.2, 0.25) is 0 Å². The maximum atomic E-state index is 12.8. The molecule has 2 aliphatic rings. The van der Waals surface area contributed by atoms with E-state index in [1.807, 2.05) is 30.7 Å². The standard InChI is InChI=1S/C25H25N7O/c1-16-6-9-32-21(15-28-23(32)12-16)18-3-4-20(24-19(18)14-29-25(24)33)30-22-5-2-17(13-27-22)31-10-7-26-8-11-31/h2-6,9,12-13,15,26H,7-8,10-11,14H2,1H3,(H,27,30)(H,29,33). The van der Waals surface area contributed by atoms with Gasteiger partial charge in [-0.05, 0) is 48.4 Å². The van der Waals surface area contributed by atoms with E-state index >= 15 is 0 Å². The number of pyridine rings is 2. The molecule has 0 aliphatic carbocycles. The van der Waals surface area contributed by atoms with Crippen molar-refractivity contribution in [3.05, 3.63) is 71.7 Å². The summed E-state index contributed by atoms with van der Waals surface area (Å²) in [5.74, 6) is 0.644. The van der Waals surface area contributed by atoms with Crippen molar-refractivity contribution in [2.45, 2.75) is 13.5 Å². The zero-order valence-electron chi connectivity index (χ0n) is 18.4. The van der Waals surface area contributed by atoms with Crippen LogP contribution in [0, 0.1) is 6.92 Å². The van der Waals surface area contributed by atoms with Gasteiger partial charge in [-0.1, -0.05) is 6.07 Å². The van der Waals surface area contributed by atoms with Gasteiger partial charge in [0.05, 0.1) is 35.0 Å². The lowest BCUT2D eigenvalue weighted by atomic mass is 9.99. The molecule has 0 atom stereocenters. The molecule has 3 aromatic heterocycles. The fraction of sp³-hybridized carbons (Fsp3) is 0.240. The van der Waals surface area contributed by atoms with Crippen molar-refractivity contribution in [1.29, 1.82) is 0 Å². The summed E-state index contributed by atoms with van der Waals surface area (Å²) in [6.07, 6.45) is 5.79. The van der Waals surface area contributed by atoms with E-state index in [1.165, 1.54) is 0 Å². The highest BCUT2D eigenvalue weighted by Gasteiger charge is 2.27. The van der Waals surface area contributed by atoms with E-state index in [9.17, 15) is 4.79 Å². The molecular weight excluding hydrogens is 414 g/mol. The molecule has 0 spiro atoms. The maximum absolute atomic E-state index is 12.8. The molecular formula is C25H25N7O. The Labute approximate surface area is 191 Å². The van der Waals surface area contributed by atoms with Crippen LogP contribution in [0.15, 0.2) is 55.0 Å². The van der Waals surface area contributed by atoms with Gasteiger partial charge in [0.1, 0.15) is 11.5 Å². The van der Waals surface area contributed by atoms with Crippen LogP contribution in [0.4, 0.5) is 17.2 Å². The van der Waals surface area contributed by atoms with Gasteiger partial charge in [-0.3, -0.25) is 9.20 Å². The largest absolute Gasteiger partial charge is 0.368 e. The molecule has 1 fully saturated rings. The number of piperazine rings is 1. The first-order valence-corrected chi connectivity index (χ1v) is 11.2. The maximum Gasteiger partial charge on any atom is 0.254 e. The van der Waals surface area contributed by atoms with Gasteiger partial charge in [0.15, 0.2) is 0 Å². The first kappa shape index (κ1) is 19.8. The molecule has 1 aromatic carbocycles. The van der Waals surface area contributed by atoms with Gasteiger partial charge >= 0.3 is 0 Å². The Hall–Kier alpha value is -3.91. The van der Waals surface area contributed by atoms with Gasteiger partial charge < -0.3 is 20.9 Å². The SMILES string of the molecule is Cc1ccn2c(-c3ccc(Nc4ccc(N5CCNCC5)cn4)c4c3CNC4=O)cnc2c1. The summed E-state index contributed by atoms with van der Waals surface area (Å²) in [5.41, 5.74) is 7.56. The number of amides is 1. The van der Waals surface area contributed by atoms with E-state index in [-0.39, 0.29) is 5.91 Å². The molecule has 0 unspecified atom stereocenters. The molecule has 33 heavy (non-hydrogen) atoms. The second-order valence-electron chi connectivity index (χ2n) is 8.54. The van der Waals surface area contributed by atoms with Crippen LogP contribution in [0.25, 0.3) is 16.9 Å². The van der Waals surface area contributed by atoms with Gasteiger partial charge in [0, 0.05) is 44.5 Å². The van der Waals surface area contributed by atoms with Crippen LogP contribution < -0.4 is 20.9 Å². The Morgan fingerprint density at radius 2 is 1.91 bits per heavy atom. The molecule has 8 nitrogen and oxygen atoms in total. The number of anilines is 3. The zero-order valence-corrected chi connectivity index (χ0v) is 18.4. The number of fused-ring (bicyclic) bond motifs is 2. The van der Waals surface area contributed by atoms with Gasteiger partial charge in [0.2, 0.25) is 0 Å². The third-order valence-corrected chi connectivity index (χ3v) is 6.40. The number of nitrogens with zero attached hydrogens (tertiary/aromatic N) is 4. The van der Waals surface area contributed by atoms with Crippen LogP contribution in [0.1, 0.15) is 21.5 Å². The Balaban J connectivity index is 1.33. The molecule has 0 bridgehead atoms. The average Bonchev–Trinajstić information content (AvgIpc) is 3.44. The highest BCUT2D eigenvalue weighted by molar-refractivity contribution is 6.06. The van der Waals surface area contributed by atoms with Gasteiger partial charge in [-0.15, -0.1) is 0 Å². The fourth-order valence-corrected chi connectivity index (χ4v) is 4.68. The summed E-state index contributed by atoms with van der Waals surface area (Å²) < 4.78 is 2.06. The monoisotopic (exact) mass is 439 g/mol. The number of imidazole rings is 1. The summed E-state index contributed by atoms with van der Waals surface area (Å²) in [4.78, 5) is 24.2. The number of benzene rings is 1. The number of carbonyl (C=O) groups excluding carboxylic acids is 1. The predicted molar refractivity (Wildman–Crippen MR) is 129 cm³/mol. The topological polar surface area (TPSA) is 86.6 Å². The van der Waals surface area contributed by atoms with Crippen molar-refractivity contribution >= 4 is 28.7 Å².